The Kier molecular flexibility index (Phi) is 3.68. The van der Waals surface area contributed by atoms with Crippen LogP contribution in [0.4, 0.5) is 0 Å². The van der Waals surface area contributed by atoms with Crippen LogP contribution in [0.2, 0.25) is 0 Å². The summed E-state index contributed by atoms with van der Waals surface area (Å²) in [6.07, 6.45) is 2.70. The van der Waals surface area contributed by atoms with Crippen molar-refractivity contribution < 1.29 is 14.3 Å². The number of pyridine rings is 1. The van der Waals surface area contributed by atoms with E-state index in [1.165, 1.54) is 0 Å². The van der Waals surface area contributed by atoms with E-state index in [4.69, 9.17) is 9.47 Å². The lowest BCUT2D eigenvalue weighted by Gasteiger charge is -2.20. The maximum atomic E-state index is 12.6. The predicted molar refractivity (Wildman–Crippen MR) is 84.1 cm³/mol. The van der Waals surface area contributed by atoms with Gasteiger partial charge in [0.05, 0.1) is 18.2 Å². The van der Waals surface area contributed by atoms with E-state index in [-0.39, 0.29) is 12.0 Å². The van der Waals surface area contributed by atoms with Gasteiger partial charge in [0.15, 0.2) is 0 Å². The summed E-state index contributed by atoms with van der Waals surface area (Å²) < 4.78 is 13.2. The fourth-order valence-corrected chi connectivity index (χ4v) is 3.02. The van der Waals surface area contributed by atoms with Crippen molar-refractivity contribution in [2.45, 2.75) is 45.8 Å². The van der Waals surface area contributed by atoms with E-state index in [1.807, 2.05) is 39.8 Å². The van der Waals surface area contributed by atoms with Crippen molar-refractivity contribution in [3.8, 4) is 0 Å². The number of esters is 1. The molecule has 2 aromatic heterocycles. The molecule has 1 saturated heterocycles. The lowest BCUT2D eigenvalue weighted by molar-refractivity contribution is 0.00706. The second kappa shape index (κ2) is 5.39. The molecule has 3 heterocycles. The van der Waals surface area contributed by atoms with E-state index in [0.717, 1.165) is 29.8 Å². The number of carbonyl (C=O) groups is 1. The summed E-state index contributed by atoms with van der Waals surface area (Å²) in [5.41, 5.74) is 1.83. The lowest BCUT2D eigenvalue weighted by Crippen LogP contribution is -2.24. The Morgan fingerprint density at radius 3 is 2.86 bits per heavy atom. The Hall–Kier alpha value is -1.88. The average Bonchev–Trinajstić information content (AvgIpc) is 3.00. The number of rotatable bonds is 2. The number of aromatic nitrogens is 2. The molecule has 1 unspecified atom stereocenters. The molecule has 0 bridgehead atoms. The van der Waals surface area contributed by atoms with Gasteiger partial charge in [0.1, 0.15) is 11.2 Å². The summed E-state index contributed by atoms with van der Waals surface area (Å²) in [5.74, 6) is -0.291. The molecule has 1 aliphatic rings. The molecule has 0 N–H and O–H groups in total. The number of hydrogen-bond donors (Lipinski definition) is 0. The molecule has 0 aromatic carbocycles. The molecule has 1 fully saturated rings. The Bertz CT molecular complexity index is 706. The van der Waals surface area contributed by atoms with E-state index in [9.17, 15) is 4.79 Å². The summed E-state index contributed by atoms with van der Waals surface area (Å²) in [6, 6.07) is 4.01. The van der Waals surface area contributed by atoms with Gasteiger partial charge in [-0.05, 0) is 46.2 Å². The molecule has 2 aromatic rings. The van der Waals surface area contributed by atoms with Gasteiger partial charge in [0.2, 0.25) is 0 Å². The summed E-state index contributed by atoms with van der Waals surface area (Å²) in [6.45, 7) is 9.00. The van der Waals surface area contributed by atoms with Gasteiger partial charge in [0.25, 0.3) is 0 Å². The largest absolute Gasteiger partial charge is 0.456 e. The quantitative estimate of drug-likeness (QED) is 0.799. The van der Waals surface area contributed by atoms with Gasteiger partial charge in [-0.1, -0.05) is 0 Å². The molecule has 5 heteroatoms. The van der Waals surface area contributed by atoms with E-state index in [1.54, 1.807) is 6.20 Å². The third-order valence-corrected chi connectivity index (χ3v) is 3.88. The average molecular weight is 302 g/mol. The number of nitrogens with zero attached hydrogens (tertiary/aromatic N) is 2. The van der Waals surface area contributed by atoms with Crippen molar-refractivity contribution in [3.63, 3.8) is 0 Å². The molecule has 22 heavy (non-hydrogen) atoms. The Labute approximate surface area is 130 Å². The number of hydrogen-bond acceptors (Lipinski definition) is 4. The highest BCUT2D eigenvalue weighted by molar-refractivity contribution is 6.05. The van der Waals surface area contributed by atoms with Crippen molar-refractivity contribution in [3.05, 3.63) is 29.6 Å². The smallest absolute Gasteiger partial charge is 0.341 e. The van der Waals surface area contributed by atoms with E-state index in [0.29, 0.717) is 12.2 Å². The highest BCUT2D eigenvalue weighted by atomic mass is 16.6. The Morgan fingerprint density at radius 2 is 2.23 bits per heavy atom. The molecule has 3 rings (SSSR count). The molecule has 0 spiro atoms. The van der Waals surface area contributed by atoms with E-state index in [2.05, 4.69) is 9.55 Å². The minimum absolute atomic E-state index is 0.230. The molecule has 0 aliphatic carbocycles. The van der Waals surface area contributed by atoms with Crippen LogP contribution >= 0.6 is 0 Å². The van der Waals surface area contributed by atoms with Crippen molar-refractivity contribution in [2.24, 2.45) is 0 Å². The highest BCUT2D eigenvalue weighted by Crippen LogP contribution is 2.32. The molecule has 1 aliphatic heterocycles. The Morgan fingerprint density at radius 1 is 1.45 bits per heavy atom. The van der Waals surface area contributed by atoms with Crippen LogP contribution in [0.15, 0.2) is 18.3 Å². The van der Waals surface area contributed by atoms with Gasteiger partial charge in [-0.2, -0.15) is 0 Å². The third-order valence-electron chi connectivity index (χ3n) is 3.88. The van der Waals surface area contributed by atoms with Crippen LogP contribution in [-0.2, 0) is 9.47 Å². The number of ether oxygens (including phenoxy) is 2. The van der Waals surface area contributed by atoms with Crippen LogP contribution < -0.4 is 0 Å². The normalized spacial score (nSPS) is 18.8. The molecule has 0 radical (unpaired) electrons. The molecule has 0 saturated carbocycles. The third kappa shape index (κ3) is 2.61. The summed E-state index contributed by atoms with van der Waals surface area (Å²) in [5, 5.41) is 0.848. The second-order valence-electron chi connectivity index (χ2n) is 6.72. The molecule has 5 nitrogen and oxygen atoms in total. The Balaban J connectivity index is 2.14. The second-order valence-corrected chi connectivity index (χ2v) is 6.72. The minimum Gasteiger partial charge on any atom is -0.456 e. The van der Waals surface area contributed by atoms with Crippen LogP contribution in [0.25, 0.3) is 11.0 Å². The van der Waals surface area contributed by atoms with Crippen molar-refractivity contribution in [1.82, 2.24) is 9.55 Å². The van der Waals surface area contributed by atoms with Gasteiger partial charge in [-0.3, -0.25) is 0 Å². The maximum Gasteiger partial charge on any atom is 0.341 e. The van der Waals surface area contributed by atoms with Gasteiger partial charge in [0, 0.05) is 23.9 Å². The standard InChI is InChI=1S/C17H22N2O3/c1-11-14(16(20)22-17(2,3)4)13-6-5-8-18-15(13)19(11)12-7-9-21-10-12/h5-6,8,12H,7,9-10H2,1-4H3. The minimum atomic E-state index is -0.517. The zero-order valence-electron chi connectivity index (χ0n) is 13.5. The fourth-order valence-electron chi connectivity index (χ4n) is 3.02. The van der Waals surface area contributed by atoms with Gasteiger partial charge < -0.3 is 14.0 Å². The molecule has 1 atom stereocenters. The highest BCUT2D eigenvalue weighted by Gasteiger charge is 2.29. The van der Waals surface area contributed by atoms with Crippen LogP contribution in [0.5, 0.6) is 0 Å². The lowest BCUT2D eigenvalue weighted by atomic mass is 10.1. The summed E-state index contributed by atoms with van der Waals surface area (Å²) in [4.78, 5) is 17.1. The zero-order valence-corrected chi connectivity index (χ0v) is 13.5. The summed E-state index contributed by atoms with van der Waals surface area (Å²) >= 11 is 0. The molecular weight excluding hydrogens is 280 g/mol. The first-order valence-corrected chi connectivity index (χ1v) is 7.65. The van der Waals surface area contributed by atoms with Crippen LogP contribution in [0.1, 0.15) is 49.3 Å². The van der Waals surface area contributed by atoms with Crippen molar-refractivity contribution in [1.29, 1.82) is 0 Å². The van der Waals surface area contributed by atoms with Crippen molar-refractivity contribution in [2.75, 3.05) is 13.2 Å². The molecular formula is C17H22N2O3. The van der Waals surface area contributed by atoms with Crippen LogP contribution in [-0.4, -0.2) is 34.3 Å². The summed E-state index contributed by atoms with van der Waals surface area (Å²) in [7, 11) is 0. The number of fused-ring (bicyclic) bond motifs is 1. The molecule has 118 valence electrons. The van der Waals surface area contributed by atoms with Crippen molar-refractivity contribution >= 4 is 17.0 Å². The number of carbonyl (C=O) groups excluding carboxylic acids is 1. The predicted octanol–water partition coefficient (Wildman–Crippen LogP) is 3.26. The fraction of sp³-hybridized carbons (Fsp3) is 0.529. The zero-order chi connectivity index (χ0) is 15.9. The topological polar surface area (TPSA) is 53.3 Å². The monoisotopic (exact) mass is 302 g/mol. The van der Waals surface area contributed by atoms with Gasteiger partial charge in [-0.25, -0.2) is 9.78 Å². The van der Waals surface area contributed by atoms with Crippen LogP contribution in [0.3, 0.4) is 0 Å². The SMILES string of the molecule is Cc1c(C(=O)OC(C)(C)C)c2cccnc2n1C1CCOC1. The first-order chi connectivity index (χ1) is 10.4. The van der Waals surface area contributed by atoms with Gasteiger partial charge >= 0.3 is 5.97 Å². The maximum absolute atomic E-state index is 12.6. The first kappa shape index (κ1) is 15.0. The van der Waals surface area contributed by atoms with Crippen LogP contribution in [0, 0.1) is 6.92 Å². The van der Waals surface area contributed by atoms with Gasteiger partial charge in [-0.15, -0.1) is 0 Å². The first-order valence-electron chi connectivity index (χ1n) is 7.65. The van der Waals surface area contributed by atoms with E-state index < -0.39 is 5.60 Å². The molecule has 0 amide bonds. The van der Waals surface area contributed by atoms with E-state index >= 15 is 0 Å².